The summed E-state index contributed by atoms with van der Waals surface area (Å²) in [4.78, 5) is 0.853. The molecule has 0 bridgehead atoms. The molecule has 0 N–H and O–H groups in total. The van der Waals surface area contributed by atoms with Crippen LogP contribution in [0.4, 0.5) is 0 Å². The van der Waals surface area contributed by atoms with Crippen molar-refractivity contribution < 1.29 is 26.3 Å². The first-order chi connectivity index (χ1) is 26.4. The molecule has 0 amide bonds. The first-order valence-corrected chi connectivity index (χ1v) is 23.7. The van der Waals surface area contributed by atoms with E-state index in [-0.39, 0.29) is 16.9 Å². The van der Waals surface area contributed by atoms with Crippen LogP contribution in [0.25, 0.3) is 0 Å². The summed E-state index contributed by atoms with van der Waals surface area (Å²) in [5, 5.41) is 0. The van der Waals surface area contributed by atoms with Gasteiger partial charge in [-0.2, -0.15) is 0 Å². The molecular formula is C47H64O6S2. The van der Waals surface area contributed by atoms with Gasteiger partial charge in [-0.1, -0.05) is 150 Å². The zero-order valence-electron chi connectivity index (χ0n) is 33.7. The molecule has 0 heterocycles. The van der Waals surface area contributed by atoms with Crippen LogP contribution in [0, 0.1) is 13.8 Å². The normalized spacial score (nSPS) is 12.1. The van der Waals surface area contributed by atoms with E-state index in [0.29, 0.717) is 35.8 Å². The number of ether oxygens (including phenoxy) is 2. The van der Waals surface area contributed by atoms with Crippen LogP contribution in [0.3, 0.4) is 0 Å². The van der Waals surface area contributed by atoms with Gasteiger partial charge in [0.25, 0.3) is 0 Å². The second-order valence-electron chi connectivity index (χ2n) is 15.5. The van der Waals surface area contributed by atoms with E-state index in [1.165, 1.54) is 0 Å². The fourth-order valence-corrected chi connectivity index (χ4v) is 9.75. The highest BCUT2D eigenvalue weighted by atomic mass is 32.2. The van der Waals surface area contributed by atoms with Crippen molar-refractivity contribution in [2.75, 3.05) is 24.7 Å². The molecule has 0 aliphatic carbocycles. The van der Waals surface area contributed by atoms with Gasteiger partial charge in [-0.15, -0.1) is 0 Å². The highest BCUT2D eigenvalue weighted by molar-refractivity contribution is 7.91. The molecule has 4 rings (SSSR count). The maximum absolute atomic E-state index is 12.6. The van der Waals surface area contributed by atoms with Crippen molar-refractivity contribution in [2.45, 2.75) is 133 Å². The Bertz CT molecular complexity index is 1790. The topological polar surface area (TPSA) is 86.7 Å². The molecule has 0 aromatic heterocycles. The quantitative estimate of drug-likeness (QED) is 0.0589. The Hall–Kier alpha value is -3.62. The van der Waals surface area contributed by atoms with E-state index < -0.39 is 19.7 Å². The number of para-hydroxylation sites is 2. The predicted molar refractivity (Wildman–Crippen MR) is 227 cm³/mol. The summed E-state index contributed by atoms with van der Waals surface area (Å²) in [6, 6.07) is 30.9. The number of rotatable bonds is 26. The maximum atomic E-state index is 12.6. The van der Waals surface area contributed by atoms with Gasteiger partial charge in [0, 0.05) is 16.5 Å². The molecule has 0 saturated carbocycles. The molecule has 0 aliphatic heterocycles. The smallest absolute Gasteiger partial charge is 0.178 e. The number of sulfone groups is 2. The molecule has 55 heavy (non-hydrogen) atoms. The van der Waals surface area contributed by atoms with Gasteiger partial charge >= 0.3 is 0 Å². The lowest BCUT2D eigenvalue weighted by Crippen LogP contribution is -2.21. The standard InChI is InChI=1S/C47H64O6S2/c1-39-27-31-41(32-28-39)54(48,49)37-21-13-9-5-7-11-19-35-52-45-25-17-15-23-43(45)47(3,4)44-24-16-18-26-46(44)53-36-20-12-8-6-10-14-22-38-55(50,51)42-33-29-40(2)30-34-42/h15-18,23-34H,5-14,19-22,35-38H2,1-4H3. The van der Waals surface area contributed by atoms with E-state index in [9.17, 15) is 16.8 Å². The lowest BCUT2D eigenvalue weighted by atomic mass is 9.77. The van der Waals surface area contributed by atoms with E-state index in [4.69, 9.17) is 9.47 Å². The summed E-state index contributed by atoms with van der Waals surface area (Å²) in [6.07, 6.45) is 13.9. The number of benzene rings is 4. The molecule has 4 aromatic rings. The van der Waals surface area contributed by atoms with Crippen molar-refractivity contribution >= 4 is 19.7 Å². The van der Waals surface area contributed by atoms with Crippen LogP contribution in [0.15, 0.2) is 107 Å². The fraction of sp³-hybridized carbons (Fsp3) is 0.489. The molecule has 6 nitrogen and oxygen atoms in total. The predicted octanol–water partition coefficient (Wildman–Crippen LogP) is 11.8. The van der Waals surface area contributed by atoms with Crippen LogP contribution in [0.5, 0.6) is 11.5 Å². The Kier molecular flexibility index (Phi) is 17.8. The Morgan fingerprint density at radius 3 is 1.09 bits per heavy atom. The minimum Gasteiger partial charge on any atom is -0.493 e. The maximum Gasteiger partial charge on any atom is 0.178 e. The summed E-state index contributed by atoms with van der Waals surface area (Å²) in [6.45, 7) is 9.71. The highest BCUT2D eigenvalue weighted by Crippen LogP contribution is 2.41. The molecule has 0 saturated heterocycles. The van der Waals surface area contributed by atoms with E-state index in [0.717, 1.165) is 111 Å². The van der Waals surface area contributed by atoms with E-state index in [1.54, 1.807) is 24.3 Å². The number of unbranched alkanes of at least 4 members (excludes halogenated alkanes) is 12. The summed E-state index contributed by atoms with van der Waals surface area (Å²) in [5.74, 6) is 2.24. The average molecular weight is 789 g/mol. The fourth-order valence-electron chi connectivity index (χ4n) is 7.01. The van der Waals surface area contributed by atoms with Crippen LogP contribution < -0.4 is 9.47 Å². The Balaban J connectivity index is 1.11. The van der Waals surface area contributed by atoms with E-state index >= 15 is 0 Å². The van der Waals surface area contributed by atoms with Gasteiger partial charge in [-0.3, -0.25) is 0 Å². The van der Waals surface area contributed by atoms with Crippen molar-refractivity contribution in [3.05, 3.63) is 119 Å². The van der Waals surface area contributed by atoms with Crippen LogP contribution in [-0.2, 0) is 25.1 Å². The van der Waals surface area contributed by atoms with Crippen molar-refractivity contribution in [3.63, 3.8) is 0 Å². The minimum atomic E-state index is -3.20. The average Bonchev–Trinajstić information content (AvgIpc) is 3.17. The minimum absolute atomic E-state index is 0.215. The Morgan fingerprint density at radius 1 is 0.418 bits per heavy atom. The van der Waals surface area contributed by atoms with Gasteiger partial charge in [0.1, 0.15) is 11.5 Å². The summed E-state index contributed by atoms with van der Waals surface area (Å²) < 4.78 is 63.1. The second kappa shape index (κ2) is 22.2. The molecule has 8 heteroatoms. The second-order valence-corrected chi connectivity index (χ2v) is 19.7. The number of aryl methyl sites for hydroxylation is 2. The van der Waals surface area contributed by atoms with Gasteiger partial charge in [0.05, 0.1) is 34.5 Å². The van der Waals surface area contributed by atoms with Crippen molar-refractivity contribution in [2.24, 2.45) is 0 Å². The SMILES string of the molecule is Cc1ccc(S(=O)(=O)CCCCCCCCCOc2ccccc2C(C)(C)c2ccccc2OCCCCCCCCCS(=O)(=O)c2ccc(C)cc2)cc1. The molecule has 0 unspecified atom stereocenters. The zero-order chi connectivity index (χ0) is 39.6. The molecular weight excluding hydrogens is 725 g/mol. The van der Waals surface area contributed by atoms with Crippen LogP contribution in [0.2, 0.25) is 0 Å². The van der Waals surface area contributed by atoms with Gasteiger partial charge in [-0.25, -0.2) is 16.8 Å². The van der Waals surface area contributed by atoms with Crippen LogP contribution >= 0.6 is 0 Å². The zero-order valence-corrected chi connectivity index (χ0v) is 35.4. The van der Waals surface area contributed by atoms with Crippen molar-refractivity contribution in [1.82, 2.24) is 0 Å². The third kappa shape index (κ3) is 14.4. The summed E-state index contributed by atoms with van der Waals surface area (Å²) >= 11 is 0. The largest absolute Gasteiger partial charge is 0.493 e. The Morgan fingerprint density at radius 2 is 0.727 bits per heavy atom. The summed E-state index contributed by atoms with van der Waals surface area (Å²) in [7, 11) is -6.40. The van der Waals surface area contributed by atoms with Crippen molar-refractivity contribution in [3.8, 4) is 11.5 Å². The molecule has 0 radical (unpaired) electrons. The van der Waals surface area contributed by atoms with Crippen LogP contribution in [-0.4, -0.2) is 41.6 Å². The molecule has 0 aliphatic rings. The molecule has 0 fully saturated rings. The number of hydrogen-bond acceptors (Lipinski definition) is 6. The van der Waals surface area contributed by atoms with Crippen LogP contribution in [0.1, 0.15) is 126 Å². The van der Waals surface area contributed by atoms with Crippen molar-refractivity contribution in [1.29, 1.82) is 0 Å². The summed E-state index contributed by atoms with van der Waals surface area (Å²) in [5.41, 5.74) is 4.08. The van der Waals surface area contributed by atoms with Gasteiger partial charge < -0.3 is 9.47 Å². The Labute approximate surface area is 332 Å². The van der Waals surface area contributed by atoms with E-state index in [1.807, 2.05) is 50.2 Å². The first-order valence-electron chi connectivity index (χ1n) is 20.4. The molecule has 4 aromatic carbocycles. The van der Waals surface area contributed by atoms with E-state index in [2.05, 4.69) is 50.2 Å². The lowest BCUT2D eigenvalue weighted by Gasteiger charge is -2.30. The van der Waals surface area contributed by atoms with Gasteiger partial charge in [-0.05, 0) is 75.9 Å². The lowest BCUT2D eigenvalue weighted by molar-refractivity contribution is 0.291. The number of hydrogen-bond donors (Lipinski definition) is 0. The monoisotopic (exact) mass is 788 g/mol. The third-order valence-corrected chi connectivity index (χ3v) is 14.1. The van der Waals surface area contributed by atoms with Gasteiger partial charge in [0.2, 0.25) is 0 Å². The molecule has 0 spiro atoms. The van der Waals surface area contributed by atoms with Gasteiger partial charge in [0.15, 0.2) is 19.7 Å². The highest BCUT2D eigenvalue weighted by Gasteiger charge is 2.29. The first kappa shape index (κ1) is 44.1. The molecule has 0 atom stereocenters. The third-order valence-electron chi connectivity index (χ3n) is 10.5. The molecule has 300 valence electrons.